The molecule has 1 N–H and O–H groups in total. The summed E-state index contributed by atoms with van der Waals surface area (Å²) in [4.78, 5) is 11.7. The van der Waals surface area contributed by atoms with E-state index in [-0.39, 0.29) is 17.6 Å². The van der Waals surface area contributed by atoms with Crippen LogP contribution in [0.2, 0.25) is 0 Å². The van der Waals surface area contributed by atoms with Crippen LogP contribution in [0.1, 0.15) is 33.1 Å². The van der Waals surface area contributed by atoms with Gasteiger partial charge in [-0.15, -0.1) is 0 Å². The molecule has 0 heterocycles. The van der Waals surface area contributed by atoms with Gasteiger partial charge in [-0.1, -0.05) is 38.7 Å². The summed E-state index contributed by atoms with van der Waals surface area (Å²) in [5.74, 6) is 0.547. The van der Waals surface area contributed by atoms with Crippen molar-refractivity contribution >= 4 is 5.78 Å². The summed E-state index contributed by atoms with van der Waals surface area (Å²) in [5, 5.41) is 10.2. The van der Waals surface area contributed by atoms with Crippen molar-refractivity contribution < 1.29 is 9.90 Å². The molecule has 0 aromatic carbocycles. The molecule has 0 saturated heterocycles. The molecule has 0 radical (unpaired) electrons. The van der Waals surface area contributed by atoms with E-state index in [1.807, 2.05) is 19.1 Å². The first-order chi connectivity index (χ1) is 7.57. The lowest BCUT2D eigenvalue weighted by Crippen LogP contribution is -2.33. The molecule has 90 valence electrons. The lowest BCUT2D eigenvalue weighted by Gasteiger charge is -2.25. The number of Topliss-reactive ketones (excluding diaryl/α,β-unsaturated/α-hetero) is 1. The quantitative estimate of drug-likeness (QED) is 0.726. The van der Waals surface area contributed by atoms with Gasteiger partial charge in [-0.05, 0) is 24.7 Å². The van der Waals surface area contributed by atoms with Crippen molar-refractivity contribution in [2.24, 2.45) is 17.8 Å². The smallest absolute Gasteiger partial charge is 0.138 e. The van der Waals surface area contributed by atoms with Gasteiger partial charge in [0.1, 0.15) is 5.78 Å². The zero-order chi connectivity index (χ0) is 12.1. The summed E-state index contributed by atoms with van der Waals surface area (Å²) >= 11 is 0. The topological polar surface area (TPSA) is 37.3 Å². The van der Waals surface area contributed by atoms with Crippen molar-refractivity contribution in [3.8, 4) is 0 Å². The lowest BCUT2D eigenvalue weighted by molar-refractivity contribution is -0.125. The van der Waals surface area contributed by atoms with Gasteiger partial charge in [0.2, 0.25) is 0 Å². The first-order valence-electron chi connectivity index (χ1n) is 6.06. The standard InChI is InChI=1S/C14H22O2/c1-4-5-6-7-11(3)14(16)13-10(2)8-9-12(13)15/h4-6,10-11,13-14,16H,1,7-9H2,2-3H3/b6-5-/t10?,11-,13-,14-/m1/s1. The molecule has 0 bridgehead atoms. The number of hydrogen-bond donors (Lipinski definition) is 1. The van der Waals surface area contributed by atoms with E-state index in [9.17, 15) is 9.90 Å². The molecular formula is C14H22O2. The van der Waals surface area contributed by atoms with Gasteiger partial charge in [-0.3, -0.25) is 4.79 Å². The zero-order valence-corrected chi connectivity index (χ0v) is 10.2. The third-order valence-electron chi connectivity index (χ3n) is 3.56. The highest BCUT2D eigenvalue weighted by Gasteiger charge is 2.38. The summed E-state index contributed by atoms with van der Waals surface area (Å²) in [5.41, 5.74) is 0. The molecule has 0 aromatic heterocycles. The predicted octanol–water partition coefficient (Wildman–Crippen LogP) is 2.73. The second kappa shape index (κ2) is 6.00. The maximum atomic E-state index is 11.7. The minimum absolute atomic E-state index is 0.130. The molecular weight excluding hydrogens is 200 g/mol. The van der Waals surface area contributed by atoms with Crippen molar-refractivity contribution in [2.75, 3.05) is 0 Å². The van der Waals surface area contributed by atoms with Gasteiger partial charge < -0.3 is 5.11 Å². The summed E-state index contributed by atoms with van der Waals surface area (Å²) < 4.78 is 0. The van der Waals surface area contributed by atoms with Gasteiger partial charge in [0.15, 0.2) is 0 Å². The molecule has 1 aliphatic carbocycles. The summed E-state index contributed by atoms with van der Waals surface area (Å²) in [7, 11) is 0. The Hall–Kier alpha value is -0.890. The molecule has 0 amide bonds. The Bertz CT molecular complexity index is 280. The maximum absolute atomic E-state index is 11.7. The molecule has 1 unspecified atom stereocenters. The van der Waals surface area contributed by atoms with E-state index >= 15 is 0 Å². The molecule has 1 rings (SSSR count). The van der Waals surface area contributed by atoms with Crippen molar-refractivity contribution in [1.82, 2.24) is 0 Å². The third kappa shape index (κ3) is 3.05. The van der Waals surface area contributed by atoms with Gasteiger partial charge in [0.05, 0.1) is 6.10 Å². The van der Waals surface area contributed by atoms with Gasteiger partial charge in [-0.2, -0.15) is 0 Å². The average Bonchev–Trinajstić information content (AvgIpc) is 2.58. The number of rotatable bonds is 5. The van der Waals surface area contributed by atoms with Gasteiger partial charge in [0.25, 0.3) is 0 Å². The van der Waals surface area contributed by atoms with E-state index in [1.165, 1.54) is 0 Å². The second-order valence-electron chi connectivity index (χ2n) is 4.88. The number of aliphatic hydroxyl groups excluding tert-OH is 1. The first kappa shape index (κ1) is 13.2. The second-order valence-corrected chi connectivity index (χ2v) is 4.88. The molecule has 0 aromatic rings. The van der Waals surface area contributed by atoms with Crippen LogP contribution >= 0.6 is 0 Å². The average molecular weight is 222 g/mol. The Kier molecular flexibility index (Phi) is 4.94. The number of hydrogen-bond acceptors (Lipinski definition) is 2. The highest BCUT2D eigenvalue weighted by Crippen LogP contribution is 2.34. The Morgan fingerprint density at radius 1 is 1.62 bits per heavy atom. The minimum Gasteiger partial charge on any atom is -0.392 e. The third-order valence-corrected chi connectivity index (χ3v) is 3.56. The van der Waals surface area contributed by atoms with Crippen LogP contribution in [-0.2, 0) is 4.79 Å². The largest absolute Gasteiger partial charge is 0.392 e. The minimum atomic E-state index is -0.500. The predicted molar refractivity (Wildman–Crippen MR) is 66.0 cm³/mol. The molecule has 16 heavy (non-hydrogen) atoms. The van der Waals surface area contributed by atoms with E-state index in [4.69, 9.17) is 0 Å². The van der Waals surface area contributed by atoms with Crippen molar-refractivity contribution in [1.29, 1.82) is 0 Å². The monoisotopic (exact) mass is 222 g/mol. The molecule has 1 aliphatic rings. The Balaban J connectivity index is 2.55. The molecule has 2 heteroatoms. The van der Waals surface area contributed by atoms with E-state index < -0.39 is 6.10 Å². The lowest BCUT2D eigenvalue weighted by atomic mass is 9.83. The normalized spacial score (nSPS) is 29.6. The van der Waals surface area contributed by atoms with Gasteiger partial charge in [0, 0.05) is 12.3 Å². The highest BCUT2D eigenvalue weighted by atomic mass is 16.3. The van der Waals surface area contributed by atoms with Crippen LogP contribution in [0, 0.1) is 17.8 Å². The highest BCUT2D eigenvalue weighted by molar-refractivity contribution is 5.83. The SMILES string of the molecule is C=C/C=C\C[C@@H](C)[C@@H](O)[C@H]1C(=O)CCC1C. The molecule has 4 atom stereocenters. The van der Waals surface area contributed by atoms with Crippen LogP contribution in [-0.4, -0.2) is 17.0 Å². The number of aliphatic hydroxyl groups is 1. The van der Waals surface area contributed by atoms with Crippen LogP contribution in [0.4, 0.5) is 0 Å². The number of carbonyl (C=O) groups excluding carboxylic acids is 1. The summed E-state index contributed by atoms with van der Waals surface area (Å²) in [6, 6.07) is 0. The Labute approximate surface area is 98.1 Å². The first-order valence-corrected chi connectivity index (χ1v) is 6.06. The molecule has 0 spiro atoms. The number of allylic oxidation sites excluding steroid dienone is 3. The van der Waals surface area contributed by atoms with Crippen LogP contribution in [0.25, 0.3) is 0 Å². The number of carbonyl (C=O) groups is 1. The fourth-order valence-electron chi connectivity index (χ4n) is 2.44. The molecule has 1 saturated carbocycles. The fraction of sp³-hybridized carbons (Fsp3) is 0.643. The molecule has 0 aliphatic heterocycles. The maximum Gasteiger partial charge on any atom is 0.138 e. The van der Waals surface area contributed by atoms with Gasteiger partial charge in [-0.25, -0.2) is 0 Å². The molecule has 1 fully saturated rings. The molecule has 2 nitrogen and oxygen atoms in total. The van der Waals surface area contributed by atoms with Crippen molar-refractivity contribution in [3.05, 3.63) is 24.8 Å². The van der Waals surface area contributed by atoms with Crippen LogP contribution in [0.15, 0.2) is 24.8 Å². The Morgan fingerprint density at radius 3 is 2.81 bits per heavy atom. The van der Waals surface area contributed by atoms with Crippen LogP contribution in [0.5, 0.6) is 0 Å². The van der Waals surface area contributed by atoms with E-state index in [0.717, 1.165) is 12.8 Å². The zero-order valence-electron chi connectivity index (χ0n) is 10.2. The van der Waals surface area contributed by atoms with Crippen molar-refractivity contribution in [2.45, 2.75) is 39.2 Å². The Morgan fingerprint density at radius 2 is 2.31 bits per heavy atom. The van der Waals surface area contributed by atoms with Crippen LogP contribution in [0.3, 0.4) is 0 Å². The van der Waals surface area contributed by atoms with E-state index in [1.54, 1.807) is 6.08 Å². The number of ketones is 1. The summed E-state index contributed by atoms with van der Waals surface area (Å²) in [6.07, 6.45) is 7.45. The fourth-order valence-corrected chi connectivity index (χ4v) is 2.44. The van der Waals surface area contributed by atoms with E-state index in [0.29, 0.717) is 12.3 Å². The summed E-state index contributed by atoms with van der Waals surface area (Å²) in [6.45, 7) is 7.66. The van der Waals surface area contributed by atoms with Crippen LogP contribution < -0.4 is 0 Å². The van der Waals surface area contributed by atoms with E-state index in [2.05, 4.69) is 13.5 Å². The van der Waals surface area contributed by atoms with Gasteiger partial charge >= 0.3 is 0 Å². The van der Waals surface area contributed by atoms with Crippen molar-refractivity contribution in [3.63, 3.8) is 0 Å².